The molecule has 94 valence electrons. The summed E-state index contributed by atoms with van der Waals surface area (Å²) in [6.07, 6.45) is 6.80. The molecule has 0 amide bonds. The van der Waals surface area contributed by atoms with Crippen LogP contribution in [0.4, 0.5) is 5.69 Å². The van der Waals surface area contributed by atoms with Crippen molar-refractivity contribution in [1.82, 2.24) is 14.7 Å². The normalized spacial score (nSPS) is 32.1. The minimum absolute atomic E-state index is 0.442. The summed E-state index contributed by atoms with van der Waals surface area (Å²) in [6, 6.07) is 1.07. The number of hydrogen-bond acceptors (Lipinski definition) is 3. The zero-order valence-electron chi connectivity index (χ0n) is 10.8. The van der Waals surface area contributed by atoms with Gasteiger partial charge >= 0.3 is 0 Å². The SMILES string of the molecule is CC(C)n1cc(NC2CN3CCC2CC3)cn1. The molecule has 4 heterocycles. The Kier molecular flexibility index (Phi) is 2.82. The summed E-state index contributed by atoms with van der Waals surface area (Å²) in [5, 5.41) is 8.05. The third kappa shape index (κ3) is 2.18. The second-order valence-corrected chi connectivity index (χ2v) is 5.69. The van der Waals surface area contributed by atoms with Gasteiger partial charge in [0.25, 0.3) is 0 Å². The summed E-state index contributed by atoms with van der Waals surface area (Å²) in [5.41, 5.74) is 1.18. The molecule has 3 aliphatic heterocycles. The molecule has 0 aliphatic carbocycles. The average molecular weight is 234 g/mol. The summed E-state index contributed by atoms with van der Waals surface area (Å²) in [4.78, 5) is 2.57. The van der Waals surface area contributed by atoms with E-state index in [0.717, 1.165) is 5.92 Å². The van der Waals surface area contributed by atoms with Crippen LogP contribution < -0.4 is 5.32 Å². The van der Waals surface area contributed by atoms with Crippen molar-refractivity contribution in [2.45, 2.75) is 38.8 Å². The van der Waals surface area contributed by atoms with Crippen LogP contribution in [0, 0.1) is 5.92 Å². The Morgan fingerprint density at radius 1 is 1.35 bits per heavy atom. The van der Waals surface area contributed by atoms with Crippen molar-refractivity contribution >= 4 is 5.69 Å². The van der Waals surface area contributed by atoms with E-state index in [2.05, 4.69) is 35.4 Å². The van der Waals surface area contributed by atoms with Gasteiger partial charge in [-0.1, -0.05) is 0 Å². The van der Waals surface area contributed by atoms with E-state index in [-0.39, 0.29) is 0 Å². The molecule has 3 aliphatic rings. The molecule has 0 saturated carbocycles. The van der Waals surface area contributed by atoms with Gasteiger partial charge < -0.3 is 10.2 Å². The Hall–Kier alpha value is -1.03. The Balaban J connectivity index is 1.66. The highest BCUT2D eigenvalue weighted by Gasteiger charge is 2.33. The number of hydrogen-bond donors (Lipinski definition) is 1. The molecule has 1 atom stereocenters. The van der Waals surface area contributed by atoms with E-state index in [4.69, 9.17) is 0 Å². The summed E-state index contributed by atoms with van der Waals surface area (Å²) < 4.78 is 2.02. The standard InChI is InChI=1S/C13H22N4/c1-10(2)17-8-12(7-14-17)15-13-9-16-5-3-11(13)4-6-16/h7-8,10-11,13,15H,3-6,9H2,1-2H3. The van der Waals surface area contributed by atoms with E-state index in [1.54, 1.807) is 0 Å². The van der Waals surface area contributed by atoms with E-state index in [1.165, 1.54) is 38.2 Å². The van der Waals surface area contributed by atoms with Crippen LogP contribution in [0.25, 0.3) is 0 Å². The molecule has 1 unspecified atom stereocenters. The van der Waals surface area contributed by atoms with Gasteiger partial charge in [0.05, 0.1) is 11.9 Å². The van der Waals surface area contributed by atoms with Gasteiger partial charge in [0.15, 0.2) is 0 Å². The molecule has 1 N–H and O–H groups in total. The summed E-state index contributed by atoms with van der Waals surface area (Å²) in [5.74, 6) is 0.863. The fraction of sp³-hybridized carbons (Fsp3) is 0.769. The number of aromatic nitrogens is 2. The molecule has 3 saturated heterocycles. The first kappa shape index (κ1) is 11.1. The molecule has 0 spiro atoms. The van der Waals surface area contributed by atoms with Crippen molar-refractivity contribution in [3.8, 4) is 0 Å². The van der Waals surface area contributed by atoms with Crippen molar-refractivity contribution in [2.75, 3.05) is 25.0 Å². The van der Waals surface area contributed by atoms with Crippen molar-refractivity contribution in [3.63, 3.8) is 0 Å². The third-order valence-electron chi connectivity index (χ3n) is 4.14. The molecule has 1 aromatic rings. The quantitative estimate of drug-likeness (QED) is 0.868. The highest BCUT2D eigenvalue weighted by atomic mass is 15.3. The van der Waals surface area contributed by atoms with E-state index in [1.807, 2.05) is 10.9 Å². The van der Waals surface area contributed by atoms with Gasteiger partial charge in [0.1, 0.15) is 0 Å². The molecule has 4 nitrogen and oxygen atoms in total. The minimum Gasteiger partial charge on any atom is -0.378 e. The van der Waals surface area contributed by atoms with Crippen molar-refractivity contribution in [3.05, 3.63) is 12.4 Å². The molecule has 3 fully saturated rings. The number of piperidine rings is 3. The van der Waals surface area contributed by atoms with E-state index < -0.39 is 0 Å². The number of anilines is 1. The van der Waals surface area contributed by atoms with Crippen LogP contribution in [0.1, 0.15) is 32.7 Å². The van der Waals surface area contributed by atoms with Crippen molar-refractivity contribution in [1.29, 1.82) is 0 Å². The second-order valence-electron chi connectivity index (χ2n) is 5.69. The summed E-state index contributed by atoms with van der Waals surface area (Å²) in [7, 11) is 0. The van der Waals surface area contributed by atoms with Crippen LogP contribution >= 0.6 is 0 Å². The smallest absolute Gasteiger partial charge is 0.0729 e. The molecule has 4 heteroatoms. The lowest BCUT2D eigenvalue weighted by molar-refractivity contribution is 0.0975. The monoisotopic (exact) mass is 234 g/mol. The van der Waals surface area contributed by atoms with Crippen LogP contribution in [0.15, 0.2) is 12.4 Å². The molecule has 1 aromatic heterocycles. The van der Waals surface area contributed by atoms with Crippen LogP contribution in [0.3, 0.4) is 0 Å². The first-order valence-electron chi connectivity index (χ1n) is 6.75. The Morgan fingerprint density at radius 2 is 2.12 bits per heavy atom. The van der Waals surface area contributed by atoms with Gasteiger partial charge in [-0.25, -0.2) is 0 Å². The maximum absolute atomic E-state index is 4.38. The Morgan fingerprint density at radius 3 is 2.65 bits per heavy atom. The van der Waals surface area contributed by atoms with Gasteiger partial charge in [-0.3, -0.25) is 4.68 Å². The lowest BCUT2D eigenvalue weighted by atomic mass is 9.84. The Bertz CT molecular complexity index is 377. The summed E-state index contributed by atoms with van der Waals surface area (Å²) in [6.45, 7) is 8.12. The molecule has 0 aromatic carbocycles. The maximum Gasteiger partial charge on any atom is 0.0729 e. The predicted molar refractivity (Wildman–Crippen MR) is 69.2 cm³/mol. The zero-order chi connectivity index (χ0) is 11.8. The molecular weight excluding hydrogens is 212 g/mol. The van der Waals surface area contributed by atoms with E-state index >= 15 is 0 Å². The molecule has 2 bridgehead atoms. The lowest BCUT2D eigenvalue weighted by Crippen LogP contribution is -2.53. The van der Waals surface area contributed by atoms with Crippen molar-refractivity contribution < 1.29 is 0 Å². The maximum atomic E-state index is 4.38. The minimum atomic E-state index is 0.442. The molecule has 4 rings (SSSR count). The molecule has 0 radical (unpaired) electrons. The van der Waals surface area contributed by atoms with Gasteiger partial charge in [-0.15, -0.1) is 0 Å². The molecular formula is C13H22N4. The summed E-state index contributed by atoms with van der Waals surface area (Å²) >= 11 is 0. The number of rotatable bonds is 3. The van der Waals surface area contributed by atoms with Gasteiger partial charge in [-0.05, 0) is 45.7 Å². The van der Waals surface area contributed by atoms with Crippen LogP contribution in [0.5, 0.6) is 0 Å². The first-order chi connectivity index (χ1) is 8.22. The fourth-order valence-electron chi connectivity index (χ4n) is 3.04. The number of nitrogens with zero attached hydrogens (tertiary/aromatic N) is 3. The average Bonchev–Trinajstić information content (AvgIpc) is 2.79. The van der Waals surface area contributed by atoms with Gasteiger partial charge in [0.2, 0.25) is 0 Å². The van der Waals surface area contributed by atoms with Crippen LogP contribution in [0.2, 0.25) is 0 Å². The molecule has 17 heavy (non-hydrogen) atoms. The second kappa shape index (κ2) is 4.33. The topological polar surface area (TPSA) is 33.1 Å². The number of fused-ring (bicyclic) bond motifs is 3. The van der Waals surface area contributed by atoms with Gasteiger partial charge in [0, 0.05) is 24.8 Å². The largest absolute Gasteiger partial charge is 0.378 e. The lowest BCUT2D eigenvalue weighted by Gasteiger charge is -2.45. The van der Waals surface area contributed by atoms with Gasteiger partial charge in [-0.2, -0.15) is 5.10 Å². The predicted octanol–water partition coefficient (Wildman–Crippen LogP) is 1.97. The fourth-order valence-corrected chi connectivity index (χ4v) is 3.04. The highest BCUT2D eigenvalue weighted by Crippen LogP contribution is 2.29. The third-order valence-corrected chi connectivity index (χ3v) is 4.14. The highest BCUT2D eigenvalue weighted by molar-refractivity contribution is 5.40. The van der Waals surface area contributed by atoms with Crippen LogP contribution in [-0.4, -0.2) is 40.4 Å². The van der Waals surface area contributed by atoms with E-state index in [9.17, 15) is 0 Å². The zero-order valence-corrected chi connectivity index (χ0v) is 10.8. The Labute approximate surface area is 103 Å². The van der Waals surface area contributed by atoms with Crippen molar-refractivity contribution in [2.24, 2.45) is 5.92 Å². The van der Waals surface area contributed by atoms with E-state index in [0.29, 0.717) is 12.1 Å². The van der Waals surface area contributed by atoms with Crippen LogP contribution in [-0.2, 0) is 0 Å². The number of nitrogens with one attached hydrogen (secondary N) is 1. The first-order valence-corrected chi connectivity index (χ1v) is 6.75.